The van der Waals surface area contributed by atoms with Crippen LogP contribution in [0.15, 0.2) is 48.8 Å². The number of aryl methyl sites for hydroxylation is 1. The maximum absolute atomic E-state index is 10.2. The number of fused-ring (bicyclic) bond motifs is 5. The van der Waals surface area contributed by atoms with Crippen molar-refractivity contribution in [3.63, 3.8) is 0 Å². The first-order valence-electron chi connectivity index (χ1n) is 8.01. The van der Waals surface area contributed by atoms with Gasteiger partial charge in [-0.15, -0.1) is 0 Å². The van der Waals surface area contributed by atoms with Crippen LogP contribution in [-0.4, -0.2) is 21.1 Å². The van der Waals surface area contributed by atoms with Gasteiger partial charge in [-0.1, -0.05) is 23.8 Å². The minimum absolute atomic E-state index is 0.410. The molecule has 0 radical (unpaired) electrons. The van der Waals surface area contributed by atoms with Gasteiger partial charge in [0.15, 0.2) is 6.29 Å². The fourth-order valence-corrected chi connectivity index (χ4v) is 3.42. The van der Waals surface area contributed by atoms with Gasteiger partial charge in [0.05, 0.1) is 23.2 Å². The van der Waals surface area contributed by atoms with E-state index in [4.69, 9.17) is 9.72 Å². The van der Waals surface area contributed by atoms with Crippen LogP contribution in [0, 0.1) is 6.92 Å². The van der Waals surface area contributed by atoms with Gasteiger partial charge in [0.1, 0.15) is 0 Å². The molecule has 0 fully saturated rings. The molecule has 4 aromatic rings. The van der Waals surface area contributed by atoms with Gasteiger partial charge < -0.3 is 14.2 Å². The monoisotopic (exact) mass is 316 g/mol. The number of benzene rings is 1. The Labute approximate surface area is 138 Å². The number of ether oxygens (including phenoxy) is 1. The second-order valence-corrected chi connectivity index (χ2v) is 6.32. The highest BCUT2D eigenvalue weighted by Crippen LogP contribution is 2.30. The first-order chi connectivity index (χ1) is 11.7. The van der Waals surface area contributed by atoms with Gasteiger partial charge >= 0.3 is 0 Å². The molecule has 4 nitrogen and oxygen atoms in total. The highest BCUT2D eigenvalue weighted by Gasteiger charge is 2.17. The summed E-state index contributed by atoms with van der Waals surface area (Å²) in [6, 6.07) is 10.5. The Hall–Kier alpha value is -2.69. The second-order valence-electron chi connectivity index (χ2n) is 6.32. The van der Waals surface area contributed by atoms with Crippen LogP contribution in [0.1, 0.15) is 23.0 Å². The van der Waals surface area contributed by atoms with Crippen molar-refractivity contribution in [2.75, 3.05) is 6.61 Å². The van der Waals surface area contributed by atoms with E-state index >= 15 is 0 Å². The lowest BCUT2D eigenvalue weighted by molar-refractivity contribution is -0.0914. The van der Waals surface area contributed by atoms with Crippen LogP contribution in [0.2, 0.25) is 0 Å². The third-order valence-corrected chi connectivity index (χ3v) is 4.62. The smallest absolute Gasteiger partial charge is 0.183 e. The van der Waals surface area contributed by atoms with Crippen LogP contribution >= 0.6 is 0 Å². The molecule has 1 unspecified atom stereocenters. The molecule has 118 valence electrons. The van der Waals surface area contributed by atoms with Crippen LogP contribution in [0.3, 0.4) is 0 Å². The van der Waals surface area contributed by atoms with E-state index in [0.29, 0.717) is 6.61 Å². The number of rotatable bonds is 0. The summed E-state index contributed by atoms with van der Waals surface area (Å²) in [5.41, 5.74) is 5.97. The molecule has 0 spiro atoms. The molecule has 1 aromatic carbocycles. The maximum atomic E-state index is 10.2. The third kappa shape index (κ3) is 1.97. The summed E-state index contributed by atoms with van der Waals surface area (Å²) in [5, 5.41) is 12.4. The quantitative estimate of drug-likeness (QED) is 0.534. The zero-order chi connectivity index (χ0) is 16.3. The molecule has 0 saturated heterocycles. The van der Waals surface area contributed by atoms with E-state index in [0.717, 1.165) is 38.4 Å². The van der Waals surface area contributed by atoms with Crippen molar-refractivity contribution in [3.05, 3.63) is 65.5 Å². The fraction of sp³-hybridized carbons (Fsp3) is 0.150. The lowest BCUT2D eigenvalue weighted by Crippen LogP contribution is -2.04. The third-order valence-electron chi connectivity index (χ3n) is 4.62. The van der Waals surface area contributed by atoms with Gasteiger partial charge in [0.25, 0.3) is 0 Å². The Morgan fingerprint density at radius 3 is 3.00 bits per heavy atom. The van der Waals surface area contributed by atoms with Crippen LogP contribution < -0.4 is 0 Å². The lowest BCUT2D eigenvalue weighted by atomic mass is 10.1. The Bertz CT molecular complexity index is 1140. The second kappa shape index (κ2) is 4.90. The molecule has 4 heteroatoms. The topological polar surface area (TPSA) is 46.8 Å². The van der Waals surface area contributed by atoms with Crippen molar-refractivity contribution in [3.8, 4) is 0 Å². The van der Waals surface area contributed by atoms with Crippen molar-refractivity contribution in [2.24, 2.45) is 0 Å². The zero-order valence-electron chi connectivity index (χ0n) is 13.2. The van der Waals surface area contributed by atoms with Crippen LogP contribution in [0.25, 0.3) is 33.4 Å². The number of pyridine rings is 2. The number of nitrogens with zero attached hydrogens (tertiary/aromatic N) is 2. The molecule has 0 aliphatic carbocycles. The Morgan fingerprint density at radius 1 is 1.17 bits per heavy atom. The molecule has 3 aromatic heterocycles. The number of hydrogen-bond acceptors (Lipinski definition) is 3. The van der Waals surface area contributed by atoms with Gasteiger partial charge in [-0.25, -0.2) is 4.98 Å². The highest BCUT2D eigenvalue weighted by atomic mass is 16.6. The number of aromatic nitrogens is 2. The van der Waals surface area contributed by atoms with E-state index in [2.05, 4.69) is 43.5 Å². The molecule has 1 N–H and O–H groups in total. The first-order valence-corrected chi connectivity index (χ1v) is 8.01. The number of hydrogen-bond donors (Lipinski definition) is 1. The molecule has 4 heterocycles. The van der Waals surface area contributed by atoms with Crippen LogP contribution in [-0.2, 0) is 4.74 Å². The summed E-state index contributed by atoms with van der Waals surface area (Å²) in [6.07, 6.45) is 7.00. The van der Waals surface area contributed by atoms with E-state index < -0.39 is 6.29 Å². The Balaban J connectivity index is 1.86. The van der Waals surface area contributed by atoms with E-state index in [1.807, 2.05) is 22.7 Å². The standard InChI is InChI=1S/C20H16N2O2/c1-12-4-5-17-14(7-12)8-15-10-22-11-16-13(3-2-6-24-20(16)23)9-18(22)19(15)21-17/h2-5,7-11,20,23H,6H2,1H3. The first kappa shape index (κ1) is 13.7. The van der Waals surface area contributed by atoms with E-state index in [-0.39, 0.29) is 0 Å². The SMILES string of the molecule is Cc1ccc2nc3c(cc2c1)cn1cc2c(cc31)C=CCOC2O. The van der Waals surface area contributed by atoms with Crippen LogP contribution in [0.4, 0.5) is 0 Å². The Kier molecular flexibility index (Phi) is 2.80. The summed E-state index contributed by atoms with van der Waals surface area (Å²) in [5.74, 6) is 0. The zero-order valence-corrected chi connectivity index (χ0v) is 13.2. The fourth-order valence-electron chi connectivity index (χ4n) is 3.42. The summed E-state index contributed by atoms with van der Waals surface area (Å²) >= 11 is 0. The lowest BCUT2D eigenvalue weighted by Gasteiger charge is -2.12. The average molecular weight is 316 g/mol. The minimum atomic E-state index is -0.903. The van der Waals surface area contributed by atoms with Crippen LogP contribution in [0.5, 0.6) is 0 Å². The molecule has 1 aliphatic heterocycles. The summed E-state index contributed by atoms with van der Waals surface area (Å²) in [7, 11) is 0. The summed E-state index contributed by atoms with van der Waals surface area (Å²) in [4.78, 5) is 4.86. The van der Waals surface area contributed by atoms with Gasteiger partial charge in [-0.05, 0) is 36.8 Å². The summed E-state index contributed by atoms with van der Waals surface area (Å²) < 4.78 is 7.39. The molecule has 0 saturated carbocycles. The largest absolute Gasteiger partial charge is 0.364 e. The predicted molar refractivity (Wildman–Crippen MR) is 94.9 cm³/mol. The Morgan fingerprint density at radius 2 is 2.08 bits per heavy atom. The highest BCUT2D eigenvalue weighted by molar-refractivity contribution is 6.01. The molecule has 0 bridgehead atoms. The van der Waals surface area contributed by atoms with E-state index in [1.165, 1.54) is 5.56 Å². The summed E-state index contributed by atoms with van der Waals surface area (Å²) in [6.45, 7) is 2.50. The minimum Gasteiger partial charge on any atom is -0.364 e. The molecule has 0 amide bonds. The maximum Gasteiger partial charge on any atom is 0.183 e. The van der Waals surface area contributed by atoms with E-state index in [1.54, 1.807) is 0 Å². The van der Waals surface area contributed by atoms with Crippen molar-refractivity contribution in [1.82, 2.24) is 9.38 Å². The van der Waals surface area contributed by atoms with Gasteiger partial charge in [-0.2, -0.15) is 0 Å². The average Bonchev–Trinajstić information content (AvgIpc) is 2.81. The molecule has 1 atom stereocenters. The predicted octanol–water partition coefficient (Wildman–Crippen LogP) is 3.98. The molecule has 1 aliphatic rings. The van der Waals surface area contributed by atoms with Crippen molar-refractivity contribution in [2.45, 2.75) is 13.2 Å². The van der Waals surface area contributed by atoms with Gasteiger partial charge in [-0.3, -0.25) is 0 Å². The van der Waals surface area contributed by atoms with Gasteiger partial charge in [0.2, 0.25) is 0 Å². The number of aliphatic hydroxyl groups excluding tert-OH is 1. The van der Waals surface area contributed by atoms with E-state index in [9.17, 15) is 5.11 Å². The molecule has 24 heavy (non-hydrogen) atoms. The van der Waals surface area contributed by atoms with Crippen molar-refractivity contribution in [1.29, 1.82) is 0 Å². The van der Waals surface area contributed by atoms with Gasteiger partial charge in [0, 0.05) is 28.7 Å². The normalized spacial score (nSPS) is 17.5. The molecular weight excluding hydrogens is 300 g/mol. The van der Waals surface area contributed by atoms with Crippen molar-refractivity contribution < 1.29 is 9.84 Å². The number of aliphatic hydroxyl groups is 1. The molecular formula is C20H16N2O2. The van der Waals surface area contributed by atoms with Crippen molar-refractivity contribution >= 4 is 33.4 Å². The molecule has 5 rings (SSSR count).